The van der Waals surface area contributed by atoms with E-state index in [2.05, 4.69) is 76.1 Å². The van der Waals surface area contributed by atoms with E-state index >= 15 is 0 Å². The van der Waals surface area contributed by atoms with Crippen LogP contribution in [0.2, 0.25) is 0 Å². The molecule has 0 aliphatic carbocycles. The first-order valence-corrected chi connectivity index (χ1v) is 5.31. The number of hydrogen-bond acceptors (Lipinski definition) is 1. The Morgan fingerprint density at radius 2 is 2.09 bits per heavy atom. The van der Waals surface area contributed by atoms with Crippen molar-refractivity contribution in [2.75, 3.05) is 0 Å². The maximum atomic E-state index is 4.25. The topological polar surface area (TPSA) is 12.9 Å². The molecular formula is C8H7I2N. The Morgan fingerprint density at radius 1 is 1.45 bits per heavy atom. The van der Waals surface area contributed by atoms with E-state index < -0.39 is 0 Å². The monoisotopic (exact) mass is 371 g/mol. The number of nitrogens with zero attached hydrogens (tertiary/aromatic N) is 1. The van der Waals surface area contributed by atoms with Crippen LogP contribution in [0.1, 0.15) is 19.5 Å². The van der Waals surface area contributed by atoms with Gasteiger partial charge in [-0.3, -0.25) is 0 Å². The first-order valence-electron chi connectivity index (χ1n) is 3.15. The van der Waals surface area contributed by atoms with Gasteiger partial charge in [0.2, 0.25) is 0 Å². The Kier molecular flexibility index (Phi) is 2.97. The summed E-state index contributed by atoms with van der Waals surface area (Å²) in [6.07, 6.45) is 1.81. The third-order valence-corrected chi connectivity index (χ3v) is 2.23. The zero-order valence-corrected chi connectivity index (χ0v) is 10.6. The van der Waals surface area contributed by atoms with Gasteiger partial charge < -0.3 is 0 Å². The third kappa shape index (κ3) is 2.75. The highest BCUT2D eigenvalue weighted by atomic mass is 127. The summed E-state index contributed by atoms with van der Waals surface area (Å²) in [5.74, 6) is 0. The minimum absolute atomic E-state index is 0.0542. The number of rotatable bonds is 1. The maximum Gasteiger partial charge on any atom is 0.106 e. The molecule has 0 spiro atoms. The summed E-state index contributed by atoms with van der Waals surface area (Å²) in [7, 11) is 0. The quantitative estimate of drug-likeness (QED) is 0.547. The molecule has 0 saturated heterocycles. The number of aromatic nitrogens is 1. The van der Waals surface area contributed by atoms with E-state index in [4.69, 9.17) is 0 Å². The zero-order valence-electron chi connectivity index (χ0n) is 6.28. The molecular weight excluding hydrogens is 364 g/mol. The van der Waals surface area contributed by atoms with Crippen LogP contribution >= 0.6 is 45.2 Å². The molecule has 0 aliphatic heterocycles. The standard InChI is InChI=1S/C8H7I2N/c1-8(2,10)7-4-3-6(9)5-11-7/h5H,1-2H3. The highest BCUT2D eigenvalue weighted by Gasteiger charge is 2.16. The summed E-state index contributed by atoms with van der Waals surface area (Å²) in [5.41, 5.74) is 0.957. The summed E-state index contributed by atoms with van der Waals surface area (Å²) < 4.78 is 1.06. The fourth-order valence-corrected chi connectivity index (χ4v) is 1.16. The summed E-state index contributed by atoms with van der Waals surface area (Å²) in [4.78, 5) is 4.25. The Morgan fingerprint density at radius 3 is 2.45 bits per heavy atom. The fourth-order valence-electron chi connectivity index (χ4n) is 0.607. The largest absolute Gasteiger partial charge is 0.249 e. The van der Waals surface area contributed by atoms with Gasteiger partial charge in [-0.15, -0.1) is 0 Å². The maximum absolute atomic E-state index is 4.25. The average Bonchev–Trinajstić information content (AvgIpc) is 1.86. The van der Waals surface area contributed by atoms with Crippen LogP contribution in [-0.2, 0) is 3.42 Å². The number of hydrogen-bond donors (Lipinski definition) is 0. The van der Waals surface area contributed by atoms with Crippen molar-refractivity contribution in [3.8, 4) is 0 Å². The Labute approximate surface area is 94.3 Å². The van der Waals surface area contributed by atoms with Gasteiger partial charge >= 0.3 is 0 Å². The van der Waals surface area contributed by atoms with Crippen LogP contribution < -0.4 is 0 Å². The molecule has 0 fully saturated rings. The van der Waals surface area contributed by atoms with Crippen molar-refractivity contribution < 1.29 is 0 Å². The molecule has 0 saturated carbocycles. The minimum atomic E-state index is 0.0542. The van der Waals surface area contributed by atoms with E-state index in [9.17, 15) is 0 Å². The molecule has 58 valence electrons. The van der Waals surface area contributed by atoms with E-state index in [0.717, 1.165) is 9.26 Å². The smallest absolute Gasteiger partial charge is 0.106 e. The second-order valence-corrected chi connectivity index (χ2v) is 6.54. The van der Waals surface area contributed by atoms with Crippen molar-refractivity contribution in [2.45, 2.75) is 17.3 Å². The van der Waals surface area contributed by atoms with Gasteiger partial charge in [-0.1, -0.05) is 28.7 Å². The van der Waals surface area contributed by atoms with Crippen molar-refractivity contribution >= 4 is 45.2 Å². The molecule has 0 radical (unpaired) electrons. The van der Waals surface area contributed by atoms with E-state index in [0.29, 0.717) is 0 Å². The molecule has 3 heteroatoms. The van der Waals surface area contributed by atoms with Gasteiger partial charge in [-0.25, -0.2) is 4.98 Å². The van der Waals surface area contributed by atoms with Gasteiger partial charge in [0.25, 0.3) is 0 Å². The number of halogens is 2. The summed E-state index contributed by atoms with van der Waals surface area (Å²) in [6.45, 7) is 4.21. The predicted octanol–water partition coefficient (Wildman–Crippen LogP) is 2.96. The van der Waals surface area contributed by atoms with Gasteiger partial charge in [-0.2, -0.15) is 0 Å². The lowest BCUT2D eigenvalue weighted by molar-refractivity contribution is 0.787. The SMILES string of the molecule is CC(C)(I)c1c#cc(I)cn1. The molecule has 0 unspecified atom stereocenters. The van der Waals surface area contributed by atoms with Crippen molar-refractivity contribution in [3.63, 3.8) is 0 Å². The van der Waals surface area contributed by atoms with Crippen molar-refractivity contribution in [1.82, 2.24) is 4.98 Å². The van der Waals surface area contributed by atoms with Crippen LogP contribution in [0.15, 0.2) is 6.20 Å². The van der Waals surface area contributed by atoms with Gasteiger partial charge in [0.1, 0.15) is 5.69 Å². The van der Waals surface area contributed by atoms with Gasteiger partial charge in [0, 0.05) is 6.20 Å². The van der Waals surface area contributed by atoms with E-state index in [-0.39, 0.29) is 3.42 Å². The average molecular weight is 371 g/mol. The van der Waals surface area contributed by atoms with E-state index in [1.807, 2.05) is 6.20 Å². The minimum Gasteiger partial charge on any atom is -0.249 e. The molecule has 0 amide bonds. The third-order valence-electron chi connectivity index (χ3n) is 1.17. The second kappa shape index (κ2) is 3.44. The summed E-state index contributed by atoms with van der Waals surface area (Å²) >= 11 is 4.51. The van der Waals surface area contributed by atoms with Crippen LogP contribution in [0.3, 0.4) is 0 Å². The number of alkyl halides is 1. The fraction of sp³-hybridized carbons (Fsp3) is 0.375. The zero-order chi connectivity index (χ0) is 8.48. The van der Waals surface area contributed by atoms with Crippen LogP contribution in [0.5, 0.6) is 0 Å². The highest BCUT2D eigenvalue weighted by molar-refractivity contribution is 14.1. The molecule has 1 nitrogen and oxygen atoms in total. The molecule has 0 atom stereocenters. The molecule has 1 rings (SSSR count). The lowest BCUT2D eigenvalue weighted by atomic mass is 10.1. The summed E-state index contributed by atoms with van der Waals surface area (Å²) in [5, 5.41) is 0. The van der Waals surface area contributed by atoms with Gasteiger partial charge in [0.05, 0.1) is 6.99 Å². The Hall–Kier alpha value is 0.430. The molecule has 0 N–H and O–H groups in total. The van der Waals surface area contributed by atoms with E-state index in [1.54, 1.807) is 0 Å². The molecule has 0 bridgehead atoms. The Bertz CT molecular complexity index is 235. The normalized spacial score (nSPS) is 10.9. The highest BCUT2D eigenvalue weighted by Crippen LogP contribution is 2.27. The lowest BCUT2D eigenvalue weighted by Gasteiger charge is -2.11. The van der Waals surface area contributed by atoms with Crippen LogP contribution in [0.4, 0.5) is 0 Å². The van der Waals surface area contributed by atoms with Crippen molar-refractivity contribution in [1.29, 1.82) is 0 Å². The van der Waals surface area contributed by atoms with E-state index in [1.165, 1.54) is 0 Å². The molecule has 1 aromatic heterocycles. The van der Waals surface area contributed by atoms with Crippen molar-refractivity contribution in [3.05, 3.63) is 27.6 Å². The predicted molar refractivity (Wildman–Crippen MR) is 61.7 cm³/mol. The van der Waals surface area contributed by atoms with Crippen molar-refractivity contribution in [2.24, 2.45) is 0 Å². The first-order chi connectivity index (χ1) is 5.00. The molecule has 11 heavy (non-hydrogen) atoms. The summed E-state index contributed by atoms with van der Waals surface area (Å²) in [6, 6.07) is 6.03. The first kappa shape index (κ1) is 9.52. The molecule has 1 heterocycles. The second-order valence-electron chi connectivity index (χ2n) is 2.68. The molecule has 0 aromatic carbocycles. The molecule has 1 aromatic rings. The van der Waals surface area contributed by atoms with Gasteiger partial charge in [0.15, 0.2) is 0 Å². The van der Waals surface area contributed by atoms with Crippen LogP contribution in [-0.4, -0.2) is 4.98 Å². The van der Waals surface area contributed by atoms with Gasteiger partial charge in [-0.05, 0) is 42.5 Å². The molecule has 0 aliphatic rings. The Balaban J connectivity index is 2.99. The van der Waals surface area contributed by atoms with Crippen LogP contribution in [0, 0.1) is 15.7 Å². The van der Waals surface area contributed by atoms with Crippen LogP contribution in [0.25, 0.3) is 0 Å². The lowest BCUT2D eigenvalue weighted by Crippen LogP contribution is -2.07.